The molecule has 0 unspecified atom stereocenters. The molecule has 3 nitrogen and oxygen atoms in total. The number of nitrogens with one attached hydrogen (secondary N) is 1. The second-order valence-electron chi connectivity index (χ2n) is 4.91. The Labute approximate surface area is 101 Å². The van der Waals surface area contributed by atoms with Crippen molar-refractivity contribution in [3.8, 4) is 11.3 Å². The van der Waals surface area contributed by atoms with Crippen LogP contribution in [0.2, 0.25) is 0 Å². The van der Waals surface area contributed by atoms with E-state index in [9.17, 15) is 0 Å². The zero-order valence-electron chi connectivity index (χ0n) is 8.93. The molecule has 0 saturated heterocycles. The van der Waals surface area contributed by atoms with Gasteiger partial charge in [-0.2, -0.15) is 5.10 Å². The lowest BCUT2D eigenvalue weighted by Crippen LogP contribution is -2.15. The monoisotopic (exact) mass is 278 g/mol. The zero-order chi connectivity index (χ0) is 10.9. The number of fused-ring (bicyclic) bond motifs is 4. The number of aromatic amines is 1. The topological polar surface area (TPSA) is 41.8 Å². The lowest BCUT2D eigenvalue weighted by molar-refractivity contribution is 0.459. The van der Waals surface area contributed by atoms with Gasteiger partial charge in [0.2, 0.25) is 0 Å². The highest BCUT2D eigenvalue weighted by Gasteiger charge is 2.51. The van der Waals surface area contributed by atoms with E-state index in [2.05, 4.69) is 33.1 Å². The standard InChI is InChI=1S/C12H11BrN2O/c1-6-9-8(16-11(6)13)4-12(2-3-12)7-5-14-15-10(7)9/h5H,2-4H2,1H3,(H,14,15). The van der Waals surface area contributed by atoms with Crippen molar-refractivity contribution in [2.45, 2.75) is 31.6 Å². The van der Waals surface area contributed by atoms with Crippen LogP contribution >= 0.6 is 15.9 Å². The molecule has 2 aromatic heterocycles. The van der Waals surface area contributed by atoms with E-state index in [-0.39, 0.29) is 0 Å². The molecule has 2 aromatic rings. The van der Waals surface area contributed by atoms with E-state index >= 15 is 0 Å². The lowest BCUT2D eigenvalue weighted by atomic mass is 9.83. The molecule has 1 spiro atoms. The number of furan rings is 1. The Bertz CT molecular complexity index is 592. The van der Waals surface area contributed by atoms with Gasteiger partial charge in [0.25, 0.3) is 0 Å². The van der Waals surface area contributed by atoms with Crippen LogP contribution in [0.25, 0.3) is 11.3 Å². The summed E-state index contributed by atoms with van der Waals surface area (Å²) in [5.74, 6) is 1.11. The summed E-state index contributed by atoms with van der Waals surface area (Å²) in [7, 11) is 0. The molecule has 4 heteroatoms. The fourth-order valence-corrected chi connectivity index (χ4v) is 3.27. The molecule has 1 N–H and O–H groups in total. The van der Waals surface area contributed by atoms with Crippen molar-refractivity contribution in [1.29, 1.82) is 0 Å². The normalized spacial score (nSPS) is 19.6. The summed E-state index contributed by atoms with van der Waals surface area (Å²) in [6, 6.07) is 0. The molecule has 4 rings (SSSR count). The molecule has 82 valence electrons. The predicted octanol–water partition coefficient (Wildman–Crippen LogP) is 3.33. The van der Waals surface area contributed by atoms with Crippen molar-refractivity contribution in [2.24, 2.45) is 0 Å². The third-order valence-corrected chi connectivity index (χ3v) is 4.73. The van der Waals surface area contributed by atoms with Gasteiger partial charge >= 0.3 is 0 Å². The molecular formula is C12H11BrN2O. The number of hydrogen-bond acceptors (Lipinski definition) is 2. The maximum Gasteiger partial charge on any atom is 0.172 e. The van der Waals surface area contributed by atoms with Gasteiger partial charge in [-0.05, 0) is 35.7 Å². The summed E-state index contributed by atoms with van der Waals surface area (Å²) < 4.78 is 6.66. The van der Waals surface area contributed by atoms with E-state index in [0.717, 1.165) is 16.9 Å². The molecule has 16 heavy (non-hydrogen) atoms. The molecule has 0 amide bonds. The van der Waals surface area contributed by atoms with E-state index in [4.69, 9.17) is 4.42 Å². The van der Waals surface area contributed by atoms with Gasteiger partial charge in [-0.3, -0.25) is 5.10 Å². The molecule has 0 aromatic carbocycles. The van der Waals surface area contributed by atoms with Crippen LogP contribution < -0.4 is 0 Å². The van der Waals surface area contributed by atoms with Gasteiger partial charge in [0.05, 0.1) is 11.9 Å². The maximum atomic E-state index is 5.81. The summed E-state index contributed by atoms with van der Waals surface area (Å²) in [6.07, 6.45) is 5.54. The number of H-pyrrole nitrogens is 1. The molecule has 0 aliphatic heterocycles. The number of rotatable bonds is 0. The van der Waals surface area contributed by atoms with Crippen LogP contribution in [0, 0.1) is 6.92 Å². The second-order valence-corrected chi connectivity index (χ2v) is 5.63. The summed E-state index contributed by atoms with van der Waals surface area (Å²) in [5.41, 5.74) is 5.29. The van der Waals surface area contributed by atoms with Crippen LogP contribution in [-0.2, 0) is 11.8 Å². The van der Waals surface area contributed by atoms with Crippen molar-refractivity contribution in [3.05, 3.63) is 27.8 Å². The molecule has 2 aliphatic rings. The van der Waals surface area contributed by atoms with Crippen LogP contribution in [0.3, 0.4) is 0 Å². The number of nitrogens with zero attached hydrogens (tertiary/aromatic N) is 1. The van der Waals surface area contributed by atoms with Crippen LogP contribution in [0.4, 0.5) is 0 Å². The fraction of sp³-hybridized carbons (Fsp3) is 0.417. The highest BCUT2D eigenvalue weighted by molar-refractivity contribution is 9.10. The average molecular weight is 279 g/mol. The molecule has 1 saturated carbocycles. The van der Waals surface area contributed by atoms with Gasteiger partial charge in [-0.1, -0.05) is 0 Å². The first-order valence-electron chi connectivity index (χ1n) is 5.53. The molecule has 2 aliphatic carbocycles. The first-order valence-corrected chi connectivity index (χ1v) is 6.32. The van der Waals surface area contributed by atoms with Crippen molar-refractivity contribution in [1.82, 2.24) is 10.2 Å². The molecule has 0 atom stereocenters. The quantitative estimate of drug-likeness (QED) is 0.803. The van der Waals surface area contributed by atoms with E-state index < -0.39 is 0 Å². The number of halogens is 1. The van der Waals surface area contributed by atoms with Crippen molar-refractivity contribution < 1.29 is 4.42 Å². The smallest absolute Gasteiger partial charge is 0.172 e. The minimum atomic E-state index is 0.332. The van der Waals surface area contributed by atoms with Gasteiger partial charge in [-0.25, -0.2) is 0 Å². The SMILES string of the molecule is Cc1c(Br)oc2c1-c1[nH]ncc1C1(CC1)C2. The van der Waals surface area contributed by atoms with E-state index in [1.54, 1.807) is 0 Å². The maximum absolute atomic E-state index is 5.81. The Morgan fingerprint density at radius 2 is 2.31 bits per heavy atom. The summed E-state index contributed by atoms with van der Waals surface area (Å²) in [4.78, 5) is 0. The van der Waals surface area contributed by atoms with Crippen LogP contribution in [0.5, 0.6) is 0 Å². The van der Waals surface area contributed by atoms with Gasteiger partial charge in [-0.15, -0.1) is 0 Å². The number of hydrogen-bond donors (Lipinski definition) is 1. The van der Waals surface area contributed by atoms with Crippen LogP contribution in [0.1, 0.15) is 29.7 Å². The summed E-state index contributed by atoms with van der Waals surface area (Å²) in [6.45, 7) is 2.09. The Morgan fingerprint density at radius 1 is 1.50 bits per heavy atom. The van der Waals surface area contributed by atoms with Gasteiger partial charge in [0.15, 0.2) is 4.67 Å². The Morgan fingerprint density at radius 3 is 3.06 bits per heavy atom. The Kier molecular flexibility index (Phi) is 1.48. The third kappa shape index (κ3) is 0.919. The first kappa shape index (κ1) is 9.05. The van der Waals surface area contributed by atoms with Gasteiger partial charge in [0, 0.05) is 28.5 Å². The zero-order valence-corrected chi connectivity index (χ0v) is 10.5. The van der Waals surface area contributed by atoms with E-state index in [0.29, 0.717) is 5.41 Å². The Hall–Kier alpha value is -1.03. The van der Waals surface area contributed by atoms with Crippen LogP contribution in [-0.4, -0.2) is 10.2 Å². The lowest BCUT2D eigenvalue weighted by Gasteiger charge is -2.20. The Balaban J connectivity index is 2.06. The van der Waals surface area contributed by atoms with Crippen LogP contribution in [0.15, 0.2) is 15.3 Å². The van der Waals surface area contributed by atoms with E-state index in [1.165, 1.54) is 35.2 Å². The average Bonchev–Trinajstić information content (AvgIpc) is 2.72. The van der Waals surface area contributed by atoms with Gasteiger partial charge < -0.3 is 4.42 Å². The molecule has 0 radical (unpaired) electrons. The molecule has 0 bridgehead atoms. The minimum absolute atomic E-state index is 0.332. The second kappa shape index (κ2) is 2.62. The fourth-order valence-electron chi connectivity index (χ4n) is 2.87. The van der Waals surface area contributed by atoms with Gasteiger partial charge in [0.1, 0.15) is 5.76 Å². The predicted molar refractivity (Wildman–Crippen MR) is 63.3 cm³/mol. The largest absolute Gasteiger partial charge is 0.453 e. The summed E-state index contributed by atoms with van der Waals surface area (Å²) >= 11 is 3.47. The van der Waals surface area contributed by atoms with Crippen molar-refractivity contribution in [3.63, 3.8) is 0 Å². The first-order chi connectivity index (χ1) is 7.71. The molecule has 2 heterocycles. The van der Waals surface area contributed by atoms with Crippen molar-refractivity contribution in [2.75, 3.05) is 0 Å². The van der Waals surface area contributed by atoms with Crippen molar-refractivity contribution >= 4 is 15.9 Å². The minimum Gasteiger partial charge on any atom is -0.453 e. The molecular weight excluding hydrogens is 268 g/mol. The third-order valence-electron chi connectivity index (χ3n) is 3.97. The summed E-state index contributed by atoms with van der Waals surface area (Å²) in [5, 5.41) is 7.34. The highest BCUT2D eigenvalue weighted by atomic mass is 79.9. The molecule has 1 fully saturated rings. The highest BCUT2D eigenvalue weighted by Crippen LogP contribution is 2.58. The van der Waals surface area contributed by atoms with E-state index in [1.807, 2.05) is 6.20 Å². The number of aromatic nitrogens is 2.